The predicted octanol–water partition coefficient (Wildman–Crippen LogP) is 3.38. The molecule has 0 aliphatic carbocycles. The first-order valence-electron chi connectivity index (χ1n) is 6.51. The van der Waals surface area contributed by atoms with Crippen molar-refractivity contribution in [2.45, 2.75) is 25.8 Å². The van der Waals surface area contributed by atoms with Crippen LogP contribution < -0.4 is 5.32 Å². The molecule has 1 aromatic carbocycles. The van der Waals surface area contributed by atoms with Gasteiger partial charge >= 0.3 is 0 Å². The number of hydrogen-bond acceptors (Lipinski definition) is 2. The normalized spacial score (nSPS) is 12.6. The van der Waals surface area contributed by atoms with Gasteiger partial charge in [0.05, 0.1) is 0 Å². The lowest BCUT2D eigenvalue weighted by Crippen LogP contribution is -2.18. The fraction of sp³-hybridized carbons (Fsp3) is 0.400. The van der Waals surface area contributed by atoms with Crippen molar-refractivity contribution in [3.63, 3.8) is 0 Å². The van der Waals surface area contributed by atoms with E-state index in [0.29, 0.717) is 6.04 Å². The molecule has 0 fully saturated rings. The second-order valence-electron chi connectivity index (χ2n) is 4.84. The van der Waals surface area contributed by atoms with Gasteiger partial charge in [0, 0.05) is 36.4 Å². The molecule has 2 aromatic rings. The zero-order chi connectivity index (χ0) is 13.8. The lowest BCUT2D eigenvalue weighted by Gasteiger charge is -2.17. The zero-order valence-corrected chi connectivity index (χ0v) is 13.2. The highest BCUT2D eigenvalue weighted by Crippen LogP contribution is 2.23. The van der Waals surface area contributed by atoms with E-state index in [0.717, 1.165) is 23.1 Å². The van der Waals surface area contributed by atoms with Crippen LogP contribution in [0.25, 0.3) is 0 Å². The fourth-order valence-corrected chi connectivity index (χ4v) is 2.52. The van der Waals surface area contributed by atoms with Crippen LogP contribution in [0.3, 0.4) is 0 Å². The average molecular weight is 322 g/mol. The average Bonchev–Trinajstić information content (AvgIpc) is 2.80. The molecule has 1 N–H and O–H groups in total. The summed E-state index contributed by atoms with van der Waals surface area (Å²) in [4.78, 5) is 4.38. The van der Waals surface area contributed by atoms with E-state index in [1.807, 2.05) is 26.5 Å². The molecule has 0 radical (unpaired) electrons. The molecule has 0 aliphatic rings. The van der Waals surface area contributed by atoms with Crippen LogP contribution in [0, 0.1) is 6.92 Å². The van der Waals surface area contributed by atoms with Crippen LogP contribution in [0.1, 0.15) is 29.4 Å². The molecule has 2 rings (SSSR count). The minimum Gasteiger partial charge on any atom is -0.338 e. The van der Waals surface area contributed by atoms with Crippen molar-refractivity contribution in [3.05, 3.63) is 52.0 Å². The Kier molecular flexibility index (Phi) is 4.77. The standard InChI is InChI=1S/C15H20BrN3/c1-11-10-12(4-5-13(11)16)14(17-2)6-7-15-18-8-9-19(15)3/h4-5,8-10,14,17H,6-7H2,1-3H3. The maximum atomic E-state index is 4.38. The van der Waals surface area contributed by atoms with Crippen molar-refractivity contribution >= 4 is 15.9 Å². The molecule has 0 spiro atoms. The fourth-order valence-electron chi connectivity index (χ4n) is 2.27. The first-order valence-corrected chi connectivity index (χ1v) is 7.30. The molecule has 1 atom stereocenters. The van der Waals surface area contributed by atoms with Crippen LogP contribution in [0.4, 0.5) is 0 Å². The topological polar surface area (TPSA) is 29.9 Å². The lowest BCUT2D eigenvalue weighted by molar-refractivity contribution is 0.535. The monoisotopic (exact) mass is 321 g/mol. The third-order valence-electron chi connectivity index (χ3n) is 3.51. The Bertz CT molecular complexity index is 548. The smallest absolute Gasteiger partial charge is 0.108 e. The summed E-state index contributed by atoms with van der Waals surface area (Å²) >= 11 is 3.55. The summed E-state index contributed by atoms with van der Waals surface area (Å²) in [6.45, 7) is 2.12. The van der Waals surface area contributed by atoms with E-state index in [1.165, 1.54) is 11.1 Å². The highest BCUT2D eigenvalue weighted by atomic mass is 79.9. The summed E-state index contributed by atoms with van der Waals surface area (Å²) in [6, 6.07) is 6.90. The van der Waals surface area contributed by atoms with Crippen LogP contribution >= 0.6 is 15.9 Å². The Morgan fingerprint density at radius 1 is 1.42 bits per heavy atom. The van der Waals surface area contributed by atoms with Crippen molar-refractivity contribution < 1.29 is 0 Å². The molecule has 3 nitrogen and oxygen atoms in total. The van der Waals surface area contributed by atoms with Gasteiger partial charge in [0.15, 0.2) is 0 Å². The van der Waals surface area contributed by atoms with E-state index >= 15 is 0 Å². The Balaban J connectivity index is 2.07. The summed E-state index contributed by atoms with van der Waals surface area (Å²) in [5.74, 6) is 1.13. The highest BCUT2D eigenvalue weighted by Gasteiger charge is 2.11. The van der Waals surface area contributed by atoms with Crippen molar-refractivity contribution in [2.75, 3.05) is 7.05 Å². The van der Waals surface area contributed by atoms with Gasteiger partial charge in [-0.3, -0.25) is 0 Å². The molecule has 0 bridgehead atoms. The maximum absolute atomic E-state index is 4.38. The predicted molar refractivity (Wildman–Crippen MR) is 82.2 cm³/mol. The second kappa shape index (κ2) is 6.35. The van der Waals surface area contributed by atoms with Crippen molar-refractivity contribution in [2.24, 2.45) is 7.05 Å². The van der Waals surface area contributed by atoms with Gasteiger partial charge in [-0.05, 0) is 37.6 Å². The molecule has 1 aromatic heterocycles. The third-order valence-corrected chi connectivity index (χ3v) is 4.40. The van der Waals surface area contributed by atoms with Crippen LogP contribution in [0.5, 0.6) is 0 Å². The number of imidazole rings is 1. The van der Waals surface area contributed by atoms with Crippen LogP contribution in [-0.2, 0) is 13.5 Å². The van der Waals surface area contributed by atoms with Crippen LogP contribution in [0.2, 0.25) is 0 Å². The molecular formula is C15H20BrN3. The Hall–Kier alpha value is -1.13. The third kappa shape index (κ3) is 3.45. The molecule has 0 saturated carbocycles. The number of hydrogen-bond donors (Lipinski definition) is 1. The zero-order valence-electron chi connectivity index (χ0n) is 11.7. The quantitative estimate of drug-likeness (QED) is 0.914. The van der Waals surface area contributed by atoms with Gasteiger partial charge in [-0.1, -0.05) is 28.1 Å². The lowest BCUT2D eigenvalue weighted by atomic mass is 10.0. The Morgan fingerprint density at radius 3 is 2.79 bits per heavy atom. The Labute approximate surface area is 123 Å². The van der Waals surface area contributed by atoms with E-state index in [9.17, 15) is 0 Å². The van der Waals surface area contributed by atoms with Crippen LogP contribution in [0.15, 0.2) is 35.1 Å². The van der Waals surface area contributed by atoms with Gasteiger partial charge in [0.1, 0.15) is 5.82 Å². The van der Waals surface area contributed by atoms with Gasteiger partial charge in [-0.25, -0.2) is 4.98 Å². The van der Waals surface area contributed by atoms with Crippen molar-refractivity contribution in [1.29, 1.82) is 0 Å². The molecule has 19 heavy (non-hydrogen) atoms. The number of aromatic nitrogens is 2. The highest BCUT2D eigenvalue weighted by molar-refractivity contribution is 9.10. The van der Waals surface area contributed by atoms with Gasteiger partial charge in [-0.2, -0.15) is 0 Å². The summed E-state index contributed by atoms with van der Waals surface area (Å²) < 4.78 is 3.25. The molecule has 4 heteroatoms. The molecular weight excluding hydrogens is 302 g/mol. The molecule has 0 aliphatic heterocycles. The molecule has 1 heterocycles. The van der Waals surface area contributed by atoms with Crippen molar-refractivity contribution in [1.82, 2.24) is 14.9 Å². The summed E-state index contributed by atoms with van der Waals surface area (Å²) in [7, 11) is 4.06. The summed E-state index contributed by atoms with van der Waals surface area (Å²) in [6.07, 6.45) is 5.87. The summed E-state index contributed by atoms with van der Waals surface area (Å²) in [5, 5.41) is 3.39. The van der Waals surface area contributed by atoms with E-state index in [1.54, 1.807) is 0 Å². The number of rotatable bonds is 5. The van der Waals surface area contributed by atoms with Crippen molar-refractivity contribution in [3.8, 4) is 0 Å². The molecule has 0 amide bonds. The van der Waals surface area contributed by atoms with E-state index < -0.39 is 0 Å². The maximum Gasteiger partial charge on any atom is 0.108 e. The number of aryl methyl sites for hydroxylation is 3. The molecule has 1 unspecified atom stereocenters. The van der Waals surface area contributed by atoms with Crippen LogP contribution in [-0.4, -0.2) is 16.6 Å². The van der Waals surface area contributed by atoms with Gasteiger partial charge in [0.2, 0.25) is 0 Å². The van der Waals surface area contributed by atoms with E-state index in [-0.39, 0.29) is 0 Å². The number of nitrogens with zero attached hydrogens (tertiary/aromatic N) is 2. The SMILES string of the molecule is CNC(CCc1nccn1C)c1ccc(Br)c(C)c1. The van der Waals surface area contributed by atoms with Gasteiger partial charge in [-0.15, -0.1) is 0 Å². The molecule has 0 saturated heterocycles. The first-order chi connectivity index (χ1) is 9.11. The first kappa shape index (κ1) is 14.3. The number of nitrogens with one attached hydrogen (secondary N) is 1. The number of halogens is 1. The molecule has 102 valence electrons. The largest absolute Gasteiger partial charge is 0.338 e. The Morgan fingerprint density at radius 2 is 2.21 bits per heavy atom. The second-order valence-corrected chi connectivity index (χ2v) is 5.70. The van der Waals surface area contributed by atoms with E-state index in [2.05, 4.69) is 55.9 Å². The minimum atomic E-state index is 0.364. The van der Waals surface area contributed by atoms with Gasteiger partial charge in [0.25, 0.3) is 0 Å². The summed E-state index contributed by atoms with van der Waals surface area (Å²) in [5.41, 5.74) is 2.60. The minimum absolute atomic E-state index is 0.364. The van der Waals surface area contributed by atoms with Gasteiger partial charge < -0.3 is 9.88 Å². The van der Waals surface area contributed by atoms with E-state index in [4.69, 9.17) is 0 Å². The number of benzene rings is 1.